The highest BCUT2D eigenvalue weighted by Crippen LogP contribution is 2.28. The lowest BCUT2D eigenvalue weighted by Gasteiger charge is -2.28. The predicted octanol–water partition coefficient (Wildman–Crippen LogP) is 1.56. The largest absolute Gasteiger partial charge is 0.480 e. The van der Waals surface area contributed by atoms with Gasteiger partial charge in [0.15, 0.2) is 0 Å². The smallest absolute Gasteiger partial charge is 0.321 e. The number of carboxylic acid groups (broad SMARTS) is 1. The van der Waals surface area contributed by atoms with Gasteiger partial charge >= 0.3 is 5.97 Å². The SMILES string of the molecule is CCN(CC)C(=O)CCCSC(C)(C)[C@@H](N)C(=O)O. The van der Waals surface area contributed by atoms with Gasteiger partial charge in [-0.2, -0.15) is 11.8 Å². The second-order valence-electron chi connectivity index (χ2n) is 4.94. The molecule has 5 nitrogen and oxygen atoms in total. The molecule has 112 valence electrons. The molecule has 0 unspecified atom stereocenters. The number of nitrogens with zero attached hydrogens (tertiary/aromatic N) is 1. The number of rotatable bonds is 9. The van der Waals surface area contributed by atoms with E-state index in [0.717, 1.165) is 25.3 Å². The van der Waals surface area contributed by atoms with Crippen molar-refractivity contribution in [2.24, 2.45) is 5.73 Å². The molecule has 0 spiro atoms. The average molecular weight is 290 g/mol. The molecule has 0 aliphatic carbocycles. The number of carbonyl (C=O) groups is 2. The van der Waals surface area contributed by atoms with Gasteiger partial charge in [0.25, 0.3) is 0 Å². The topological polar surface area (TPSA) is 83.6 Å². The van der Waals surface area contributed by atoms with E-state index in [1.807, 2.05) is 27.7 Å². The summed E-state index contributed by atoms with van der Waals surface area (Å²) < 4.78 is -0.524. The molecule has 0 aliphatic rings. The number of hydrogen-bond acceptors (Lipinski definition) is 4. The molecule has 0 saturated heterocycles. The molecule has 0 rings (SSSR count). The first-order valence-corrected chi connectivity index (χ1v) is 7.64. The maximum Gasteiger partial charge on any atom is 0.321 e. The van der Waals surface area contributed by atoms with Crippen LogP contribution in [0.5, 0.6) is 0 Å². The third kappa shape index (κ3) is 6.29. The number of hydrogen-bond donors (Lipinski definition) is 2. The molecule has 1 atom stereocenters. The lowest BCUT2D eigenvalue weighted by Crippen LogP contribution is -2.46. The lowest BCUT2D eigenvalue weighted by atomic mass is 10.1. The van der Waals surface area contributed by atoms with Crippen LogP contribution in [0.3, 0.4) is 0 Å². The first kappa shape index (κ1) is 18.2. The molecule has 3 N–H and O–H groups in total. The van der Waals surface area contributed by atoms with Gasteiger partial charge in [-0.05, 0) is 39.9 Å². The summed E-state index contributed by atoms with van der Waals surface area (Å²) in [5, 5.41) is 8.90. The Kier molecular flexibility index (Phi) is 8.09. The Balaban J connectivity index is 4.04. The first-order chi connectivity index (χ1) is 8.76. The molecule has 0 aromatic rings. The van der Waals surface area contributed by atoms with Crippen LogP contribution in [0.2, 0.25) is 0 Å². The minimum Gasteiger partial charge on any atom is -0.480 e. The normalized spacial score (nSPS) is 13.1. The number of carbonyl (C=O) groups excluding carboxylic acids is 1. The van der Waals surface area contributed by atoms with Crippen LogP contribution in [0.4, 0.5) is 0 Å². The maximum atomic E-state index is 11.8. The van der Waals surface area contributed by atoms with E-state index in [9.17, 15) is 9.59 Å². The van der Waals surface area contributed by atoms with Crippen molar-refractivity contribution in [3.63, 3.8) is 0 Å². The van der Waals surface area contributed by atoms with Crippen molar-refractivity contribution in [3.05, 3.63) is 0 Å². The fourth-order valence-corrected chi connectivity index (χ4v) is 2.78. The van der Waals surface area contributed by atoms with Crippen molar-refractivity contribution in [2.45, 2.75) is 51.3 Å². The Labute approximate surface area is 119 Å². The highest BCUT2D eigenvalue weighted by molar-refractivity contribution is 8.00. The van der Waals surface area contributed by atoms with Gasteiger partial charge in [0, 0.05) is 24.3 Å². The molecule has 0 heterocycles. The zero-order chi connectivity index (χ0) is 15.1. The highest BCUT2D eigenvalue weighted by atomic mass is 32.2. The van der Waals surface area contributed by atoms with Crippen LogP contribution in [0.25, 0.3) is 0 Å². The van der Waals surface area contributed by atoms with Crippen LogP contribution in [-0.2, 0) is 9.59 Å². The Hall–Kier alpha value is -0.750. The Morgan fingerprint density at radius 1 is 1.32 bits per heavy atom. The third-order valence-corrected chi connectivity index (χ3v) is 4.63. The van der Waals surface area contributed by atoms with E-state index in [1.54, 1.807) is 4.90 Å². The molecule has 0 fully saturated rings. The number of amides is 1. The fourth-order valence-electron chi connectivity index (χ4n) is 1.68. The van der Waals surface area contributed by atoms with Crippen molar-refractivity contribution in [1.29, 1.82) is 0 Å². The molecule has 0 radical (unpaired) electrons. The van der Waals surface area contributed by atoms with Crippen molar-refractivity contribution < 1.29 is 14.7 Å². The second-order valence-corrected chi connectivity index (χ2v) is 6.69. The molecule has 0 aromatic carbocycles. The van der Waals surface area contributed by atoms with Gasteiger partial charge in [-0.1, -0.05) is 0 Å². The minimum absolute atomic E-state index is 0.158. The van der Waals surface area contributed by atoms with Crippen molar-refractivity contribution in [3.8, 4) is 0 Å². The fraction of sp³-hybridized carbons (Fsp3) is 0.846. The van der Waals surface area contributed by atoms with Crippen LogP contribution in [-0.4, -0.2) is 51.5 Å². The van der Waals surface area contributed by atoms with Gasteiger partial charge in [-0.25, -0.2) is 0 Å². The van der Waals surface area contributed by atoms with Gasteiger partial charge in [-0.3, -0.25) is 9.59 Å². The van der Waals surface area contributed by atoms with Crippen LogP contribution >= 0.6 is 11.8 Å². The van der Waals surface area contributed by atoms with Gasteiger partial charge < -0.3 is 15.7 Å². The van der Waals surface area contributed by atoms with Crippen LogP contribution in [0.1, 0.15) is 40.5 Å². The standard InChI is InChI=1S/C13H26N2O3S/c1-5-15(6-2)10(16)8-7-9-19-13(3,4)11(14)12(17)18/h11H,5-9,14H2,1-4H3,(H,17,18)/t11-/m0/s1. The molecular formula is C13H26N2O3S. The van der Waals surface area contributed by atoms with Crippen LogP contribution in [0.15, 0.2) is 0 Å². The number of carboxylic acids is 1. The highest BCUT2D eigenvalue weighted by Gasteiger charge is 2.32. The molecule has 0 aliphatic heterocycles. The average Bonchev–Trinajstić information content (AvgIpc) is 2.35. The van der Waals surface area contributed by atoms with Gasteiger partial charge in [0.2, 0.25) is 5.91 Å². The molecular weight excluding hydrogens is 264 g/mol. The van der Waals surface area contributed by atoms with Crippen molar-refractivity contribution >= 4 is 23.6 Å². The molecule has 1 amide bonds. The Morgan fingerprint density at radius 3 is 2.26 bits per heavy atom. The monoisotopic (exact) mass is 290 g/mol. The number of thioether (sulfide) groups is 1. The predicted molar refractivity (Wildman–Crippen MR) is 79.3 cm³/mol. The summed E-state index contributed by atoms with van der Waals surface area (Å²) >= 11 is 1.51. The molecule has 19 heavy (non-hydrogen) atoms. The van der Waals surface area contributed by atoms with Crippen LogP contribution in [0, 0.1) is 0 Å². The van der Waals surface area contributed by atoms with Gasteiger partial charge in [0.05, 0.1) is 0 Å². The quantitative estimate of drug-likeness (QED) is 0.630. The van der Waals surface area contributed by atoms with E-state index in [-0.39, 0.29) is 5.91 Å². The maximum absolute atomic E-state index is 11.8. The summed E-state index contributed by atoms with van der Waals surface area (Å²) in [5.74, 6) is -0.0938. The summed E-state index contributed by atoms with van der Waals surface area (Å²) in [4.78, 5) is 24.4. The summed E-state index contributed by atoms with van der Waals surface area (Å²) in [7, 11) is 0. The number of aliphatic carboxylic acids is 1. The molecule has 0 aromatic heterocycles. The summed E-state index contributed by atoms with van der Waals surface area (Å²) in [6, 6.07) is -0.893. The van der Waals surface area contributed by atoms with E-state index < -0.39 is 16.8 Å². The van der Waals surface area contributed by atoms with Gasteiger partial charge in [-0.15, -0.1) is 0 Å². The number of nitrogens with two attached hydrogens (primary N) is 1. The zero-order valence-electron chi connectivity index (χ0n) is 12.3. The Morgan fingerprint density at radius 2 is 1.84 bits per heavy atom. The first-order valence-electron chi connectivity index (χ1n) is 6.66. The van der Waals surface area contributed by atoms with E-state index >= 15 is 0 Å². The van der Waals surface area contributed by atoms with Crippen LogP contribution < -0.4 is 5.73 Å². The Bertz CT molecular complexity index is 304. The van der Waals surface area contributed by atoms with E-state index in [1.165, 1.54) is 11.8 Å². The van der Waals surface area contributed by atoms with Gasteiger partial charge in [0.1, 0.15) is 6.04 Å². The molecule has 0 saturated carbocycles. The minimum atomic E-state index is -0.989. The van der Waals surface area contributed by atoms with E-state index in [0.29, 0.717) is 6.42 Å². The second kappa shape index (κ2) is 8.43. The zero-order valence-corrected chi connectivity index (χ0v) is 13.1. The van der Waals surface area contributed by atoms with E-state index in [4.69, 9.17) is 10.8 Å². The molecule has 6 heteroatoms. The summed E-state index contributed by atoms with van der Waals surface area (Å²) in [5.41, 5.74) is 5.63. The molecule has 0 bridgehead atoms. The lowest BCUT2D eigenvalue weighted by molar-refractivity contribution is -0.139. The third-order valence-electron chi connectivity index (χ3n) is 3.14. The van der Waals surface area contributed by atoms with Crippen molar-refractivity contribution in [1.82, 2.24) is 4.90 Å². The van der Waals surface area contributed by atoms with E-state index in [2.05, 4.69) is 0 Å². The van der Waals surface area contributed by atoms with Crippen molar-refractivity contribution in [2.75, 3.05) is 18.8 Å². The summed E-state index contributed by atoms with van der Waals surface area (Å²) in [6.07, 6.45) is 1.25. The summed E-state index contributed by atoms with van der Waals surface area (Å²) in [6.45, 7) is 9.04.